The highest BCUT2D eigenvalue weighted by atomic mass is 28.4. The van der Waals surface area contributed by atoms with Crippen LogP contribution in [0.3, 0.4) is 0 Å². The van der Waals surface area contributed by atoms with E-state index in [2.05, 4.69) is 17.4 Å². The average Bonchev–Trinajstić information content (AvgIpc) is 1.19. The molecule has 0 aliphatic carbocycles. The third kappa shape index (κ3) is 779. The molecule has 0 saturated carbocycles. The Kier molecular flexibility index (Phi) is 7.56. The summed E-state index contributed by atoms with van der Waals surface area (Å²) in [5.41, 5.74) is 0. The second kappa shape index (κ2) is 5.49. The summed E-state index contributed by atoms with van der Waals surface area (Å²) < 4.78 is 0. The number of rotatable bonds is 0. The lowest BCUT2D eigenvalue weighted by molar-refractivity contribution is 0.561. The van der Waals surface area contributed by atoms with Crippen molar-refractivity contribution in [1.29, 1.82) is 0 Å². The van der Waals surface area contributed by atoms with Gasteiger partial charge < -0.3 is 4.80 Å². The van der Waals surface area contributed by atoms with Crippen molar-refractivity contribution in [2.24, 2.45) is 0 Å². The van der Waals surface area contributed by atoms with Gasteiger partial charge in [0.2, 0.25) is 0 Å². The lowest BCUT2D eigenvalue weighted by Gasteiger charge is -2.00. The summed E-state index contributed by atoms with van der Waals surface area (Å²) in [5.74, 6) is 6.92. The highest BCUT2D eigenvalue weighted by molar-refractivity contribution is 6.68. The Hall–Kier alpha value is 0.709. The first kappa shape index (κ1) is 12.4. The lowest BCUT2D eigenvalue weighted by atomic mass is 11.8. The van der Waals surface area contributed by atoms with Crippen molar-refractivity contribution >= 4 is 22.5 Å². The van der Waals surface area contributed by atoms with Gasteiger partial charge in [0.25, 0.3) is 14.1 Å². The molecule has 0 spiro atoms. The quantitative estimate of drug-likeness (QED) is 0.541. The Morgan fingerprint density at radius 3 is 1.00 bits per heavy atom. The molecule has 0 unspecified atom stereocenters. The minimum atomic E-state index is -1.61. The van der Waals surface area contributed by atoms with Crippen LogP contribution < -0.4 is 0 Å². The van der Waals surface area contributed by atoms with E-state index in [-0.39, 0.29) is 14.1 Å². The van der Waals surface area contributed by atoms with Gasteiger partial charge in [-0.25, -0.2) is 0 Å². The standard InChI is InChI=1S/C3H10OSi.3CH3.Al/c1-5(2,3)4;;;;/h4H,1-3H3;3*1H3;. The zero-order chi connectivity index (χ0) is 8.08. The molecule has 0 aliphatic heterocycles. The summed E-state index contributed by atoms with van der Waals surface area (Å²) in [6, 6.07) is 0. The zero-order valence-electron chi connectivity index (χ0n) is 7.52. The van der Waals surface area contributed by atoms with Crippen molar-refractivity contribution in [3.8, 4) is 0 Å². The number of hydrogen-bond donors (Lipinski definition) is 1. The van der Waals surface area contributed by atoms with Crippen LogP contribution in [0.25, 0.3) is 0 Å². The predicted molar refractivity (Wildman–Crippen MR) is 48.9 cm³/mol. The first-order valence-corrected chi connectivity index (χ1v) is 10.4. The van der Waals surface area contributed by atoms with Crippen molar-refractivity contribution in [2.75, 3.05) is 0 Å². The highest BCUT2D eigenvalue weighted by Gasteiger charge is 2.03. The number of hydrogen-bond acceptors (Lipinski definition) is 1. The van der Waals surface area contributed by atoms with Crippen molar-refractivity contribution in [3.05, 3.63) is 0 Å². The van der Waals surface area contributed by atoms with Gasteiger partial charge in [0, 0.05) is 0 Å². The van der Waals surface area contributed by atoms with Crippen LogP contribution in [0.5, 0.6) is 0 Å². The van der Waals surface area contributed by atoms with Crippen LogP contribution in [0.1, 0.15) is 0 Å². The topological polar surface area (TPSA) is 20.2 Å². The first-order chi connectivity index (χ1) is 3.73. The molecule has 0 saturated heterocycles. The first-order valence-electron chi connectivity index (χ1n) is 3.46. The van der Waals surface area contributed by atoms with E-state index in [0.717, 1.165) is 0 Å². The normalized spacial score (nSPS) is 9.67. The van der Waals surface area contributed by atoms with Crippen LogP contribution in [0.15, 0.2) is 0 Å². The van der Waals surface area contributed by atoms with E-state index in [0.29, 0.717) is 0 Å². The third-order valence-electron chi connectivity index (χ3n) is 0. The van der Waals surface area contributed by atoms with E-state index in [1.165, 1.54) is 0 Å². The van der Waals surface area contributed by atoms with Gasteiger partial charge in [-0.2, -0.15) is 0 Å². The molecule has 0 aliphatic rings. The molecule has 9 heavy (non-hydrogen) atoms. The molecule has 0 aromatic heterocycles. The van der Waals surface area contributed by atoms with E-state index in [4.69, 9.17) is 4.80 Å². The summed E-state index contributed by atoms with van der Waals surface area (Å²) in [4.78, 5) is 8.66. The summed E-state index contributed by atoms with van der Waals surface area (Å²) in [5, 5.41) is 0. The Morgan fingerprint density at radius 2 is 1.00 bits per heavy atom. The van der Waals surface area contributed by atoms with Crippen molar-refractivity contribution in [3.63, 3.8) is 0 Å². The Balaban J connectivity index is 0. The second-order valence-corrected chi connectivity index (χ2v) is 11.7. The van der Waals surface area contributed by atoms with Gasteiger partial charge in [-0.15, -0.1) is 17.4 Å². The van der Waals surface area contributed by atoms with Crippen molar-refractivity contribution in [2.45, 2.75) is 37.0 Å². The average molecular weight is 162 g/mol. The van der Waals surface area contributed by atoms with Crippen LogP contribution in [0.2, 0.25) is 37.0 Å². The maximum Gasteiger partial charge on any atom is 0.251 e. The molecule has 1 nitrogen and oxygen atoms in total. The molecular weight excluding hydrogens is 143 g/mol. The molecule has 0 atom stereocenters. The zero-order valence-corrected chi connectivity index (χ0v) is 9.68. The second-order valence-electron chi connectivity index (χ2n) is 3.90. The van der Waals surface area contributed by atoms with Crippen LogP contribution >= 0.6 is 0 Å². The molecule has 1 N–H and O–H groups in total. The monoisotopic (exact) mass is 162 g/mol. The Bertz CT molecular complexity index is 49.8. The van der Waals surface area contributed by atoms with Gasteiger partial charge in [-0.05, 0) is 19.6 Å². The Morgan fingerprint density at radius 1 is 1.00 bits per heavy atom. The van der Waals surface area contributed by atoms with Gasteiger partial charge in [0.15, 0.2) is 8.32 Å². The minimum Gasteiger partial charge on any atom is -0.433 e. The molecule has 3 heteroatoms. The molecule has 0 aromatic carbocycles. The van der Waals surface area contributed by atoms with Crippen LogP contribution in [0, 0.1) is 0 Å². The van der Waals surface area contributed by atoms with Crippen molar-refractivity contribution in [1.82, 2.24) is 0 Å². The summed E-state index contributed by atoms with van der Waals surface area (Å²) in [6.07, 6.45) is 0. The molecule has 0 radical (unpaired) electrons. The minimum absolute atomic E-state index is 0.139. The van der Waals surface area contributed by atoms with Gasteiger partial charge in [-0.3, -0.25) is 0 Å². The Labute approximate surface area is 64.6 Å². The van der Waals surface area contributed by atoms with E-state index in [9.17, 15) is 0 Å². The van der Waals surface area contributed by atoms with Gasteiger partial charge in [0.05, 0.1) is 0 Å². The van der Waals surface area contributed by atoms with E-state index < -0.39 is 8.32 Å². The molecule has 0 aromatic rings. The van der Waals surface area contributed by atoms with Gasteiger partial charge in [-0.1, -0.05) is 0 Å². The fourth-order valence-corrected chi connectivity index (χ4v) is 0. The SMILES string of the molecule is C[Si](C)(C)O.[CH3][Al]([CH3])[CH3]. The molecule has 0 heterocycles. The predicted octanol–water partition coefficient (Wildman–Crippen LogP) is 2.18. The molecular formula is C6H19AlOSi. The summed E-state index contributed by atoms with van der Waals surface area (Å²) in [6.45, 7) is 5.65. The fraction of sp³-hybridized carbons (Fsp3) is 1.00. The maximum atomic E-state index is 8.66. The largest absolute Gasteiger partial charge is 0.433 e. The van der Waals surface area contributed by atoms with Crippen LogP contribution in [0.4, 0.5) is 0 Å². The van der Waals surface area contributed by atoms with Crippen LogP contribution in [-0.4, -0.2) is 27.3 Å². The summed E-state index contributed by atoms with van der Waals surface area (Å²) >= 11 is -0.139. The lowest BCUT2D eigenvalue weighted by Crippen LogP contribution is -2.17. The fourth-order valence-electron chi connectivity index (χ4n) is 0. The molecule has 0 amide bonds. The highest BCUT2D eigenvalue weighted by Crippen LogP contribution is 1.88. The molecule has 0 bridgehead atoms. The van der Waals surface area contributed by atoms with E-state index in [1.807, 2.05) is 19.6 Å². The van der Waals surface area contributed by atoms with Crippen molar-refractivity contribution < 1.29 is 4.80 Å². The molecule has 56 valence electrons. The summed E-state index contributed by atoms with van der Waals surface area (Å²) in [7, 11) is -1.61. The van der Waals surface area contributed by atoms with Gasteiger partial charge in [0.1, 0.15) is 0 Å². The third-order valence-corrected chi connectivity index (χ3v) is 0. The smallest absolute Gasteiger partial charge is 0.251 e. The van der Waals surface area contributed by atoms with E-state index >= 15 is 0 Å². The van der Waals surface area contributed by atoms with Gasteiger partial charge >= 0.3 is 0 Å². The maximum absolute atomic E-state index is 8.66. The molecule has 0 rings (SSSR count). The molecule has 0 fully saturated rings. The van der Waals surface area contributed by atoms with Crippen LogP contribution in [-0.2, 0) is 0 Å². The van der Waals surface area contributed by atoms with E-state index in [1.54, 1.807) is 0 Å².